The van der Waals surface area contributed by atoms with Crippen LogP contribution in [0.4, 0.5) is 9.59 Å². The second-order valence-electron chi connectivity index (χ2n) is 19.3. The van der Waals surface area contributed by atoms with E-state index in [0.29, 0.717) is 38.5 Å². The predicted molar refractivity (Wildman–Crippen MR) is 281 cm³/mol. The number of alkyl carbamates (subject to hydrolysis) is 2. The standard InChI is InChI=1S/C51H85N6O23P/c1-30(2)57(31(3)4)81(73-25-18-20-52)80-39(27-71-50(65)54-21-14-12-16-23-68-48-42(53)46(76-37(10)63)44(74-35(8)61)40(78-48)19-26-67-33(6)59)28-72-51(66)55-22-15-13-17-24-69-49-43(56-32(5)58)47(77-38(11)64)45(75-36(9)62)41(79-49)29-70-34(7)60/h30-31,39-49H,12-19,21-29,53H2,1-11H3,(H,54,65)(H,55,66)(H,56,58)/t39?,40-,41-,42-,43-,44+,45+,46-,47-,48-,49-,81?/m1/s1. The van der Waals surface area contributed by atoms with Gasteiger partial charge in [-0.2, -0.15) is 5.26 Å². The Labute approximate surface area is 474 Å². The molecule has 2 rings (SSSR count). The lowest BCUT2D eigenvalue weighted by Gasteiger charge is -2.44. The fourth-order valence-electron chi connectivity index (χ4n) is 8.29. The van der Waals surface area contributed by atoms with Crippen LogP contribution in [0.25, 0.3) is 0 Å². The second kappa shape index (κ2) is 39.0. The first-order chi connectivity index (χ1) is 38.3. The van der Waals surface area contributed by atoms with E-state index in [2.05, 4.69) is 16.0 Å². The number of unbranched alkanes of at least 4 members (excludes halogenated alkanes) is 4. The van der Waals surface area contributed by atoms with Gasteiger partial charge in [-0.1, -0.05) is 0 Å². The molecular formula is C51H85N6O23P. The molecule has 0 aromatic heterocycles. The van der Waals surface area contributed by atoms with Gasteiger partial charge in [-0.05, 0) is 66.2 Å². The highest BCUT2D eigenvalue weighted by Crippen LogP contribution is 2.47. The van der Waals surface area contributed by atoms with Crippen molar-refractivity contribution in [1.82, 2.24) is 20.6 Å². The molecule has 462 valence electrons. The summed E-state index contributed by atoms with van der Waals surface area (Å²) in [7, 11) is -1.85. The van der Waals surface area contributed by atoms with Crippen LogP contribution in [0.15, 0.2) is 0 Å². The number of nitrogens with one attached hydrogen (secondary N) is 3. The van der Waals surface area contributed by atoms with E-state index in [0.717, 1.165) is 13.8 Å². The Hall–Kier alpha value is -5.57. The zero-order valence-electron chi connectivity index (χ0n) is 48.3. The summed E-state index contributed by atoms with van der Waals surface area (Å²) in [4.78, 5) is 109. The van der Waals surface area contributed by atoms with Gasteiger partial charge in [-0.25, -0.2) is 14.3 Å². The number of carbonyl (C=O) groups is 9. The van der Waals surface area contributed by atoms with E-state index in [1.807, 2.05) is 38.4 Å². The van der Waals surface area contributed by atoms with E-state index in [1.54, 1.807) is 0 Å². The average Bonchev–Trinajstić information content (AvgIpc) is 3.51. The van der Waals surface area contributed by atoms with Crippen LogP contribution in [-0.4, -0.2) is 197 Å². The van der Waals surface area contributed by atoms with Crippen LogP contribution in [0.1, 0.15) is 128 Å². The highest BCUT2D eigenvalue weighted by Gasteiger charge is 2.52. The van der Waals surface area contributed by atoms with Crippen LogP contribution in [-0.2, 0) is 99.5 Å². The number of carbonyl (C=O) groups excluding carboxylic acids is 9. The van der Waals surface area contributed by atoms with Gasteiger partial charge >= 0.3 is 48.0 Å². The molecule has 29 nitrogen and oxygen atoms in total. The Morgan fingerprint density at radius 2 is 1.06 bits per heavy atom. The van der Waals surface area contributed by atoms with Gasteiger partial charge < -0.3 is 87.6 Å². The lowest BCUT2D eigenvalue weighted by atomic mass is 9.95. The molecule has 81 heavy (non-hydrogen) atoms. The molecule has 5 N–H and O–H groups in total. The van der Waals surface area contributed by atoms with Gasteiger partial charge in [0.25, 0.3) is 8.53 Å². The van der Waals surface area contributed by atoms with Crippen molar-refractivity contribution in [3.63, 3.8) is 0 Å². The fourth-order valence-corrected chi connectivity index (χ4v) is 9.97. The van der Waals surface area contributed by atoms with Crippen LogP contribution >= 0.6 is 8.53 Å². The maximum absolute atomic E-state index is 13.0. The molecule has 2 heterocycles. The van der Waals surface area contributed by atoms with Gasteiger partial charge in [0, 0.05) is 93.3 Å². The van der Waals surface area contributed by atoms with Crippen molar-refractivity contribution in [3.8, 4) is 6.07 Å². The number of esters is 6. The molecule has 2 saturated heterocycles. The molecule has 0 aliphatic carbocycles. The van der Waals surface area contributed by atoms with Gasteiger partial charge in [0.15, 0.2) is 37.0 Å². The molecule has 2 aliphatic heterocycles. The number of ether oxygens (including phenoxy) is 12. The Morgan fingerprint density at radius 3 is 1.54 bits per heavy atom. The van der Waals surface area contributed by atoms with Crippen molar-refractivity contribution in [2.75, 3.05) is 59.3 Å². The maximum atomic E-state index is 13.0. The molecule has 0 aromatic carbocycles. The van der Waals surface area contributed by atoms with Crippen LogP contribution < -0.4 is 21.7 Å². The summed E-state index contributed by atoms with van der Waals surface area (Å²) >= 11 is 0. The third-order valence-corrected chi connectivity index (χ3v) is 13.7. The van der Waals surface area contributed by atoms with E-state index in [4.69, 9.17) is 71.6 Å². The van der Waals surface area contributed by atoms with Gasteiger partial charge in [-0.3, -0.25) is 33.6 Å². The van der Waals surface area contributed by atoms with Crippen LogP contribution in [0.2, 0.25) is 0 Å². The minimum atomic E-state index is -1.85. The summed E-state index contributed by atoms with van der Waals surface area (Å²) in [6.45, 7) is 15.6. The maximum Gasteiger partial charge on any atom is 0.407 e. The van der Waals surface area contributed by atoms with E-state index < -0.39 is 130 Å². The van der Waals surface area contributed by atoms with Crippen molar-refractivity contribution < 1.29 is 109 Å². The highest BCUT2D eigenvalue weighted by atomic mass is 31.2. The number of nitrogens with zero attached hydrogens (tertiary/aromatic N) is 2. The SMILES string of the molecule is CC(=O)N[C@H]1[C@H](OCCCCCNC(=O)OCC(COC(=O)NCCCCCO[C@@H]2O[C@H](CCOC(C)=O)[C@H](OC(C)=O)[C@H](OC(C)=O)[C@H]2N)OP(OCCC#N)N(C(C)C)C(C)C)O[C@H](COC(C)=O)[C@H](OC(C)=O)[C@@H]1OC(C)=O. The van der Waals surface area contributed by atoms with Crippen molar-refractivity contribution in [2.45, 2.75) is 207 Å². The molecule has 0 aromatic rings. The first kappa shape index (κ1) is 71.5. The molecule has 3 amide bonds. The predicted octanol–water partition coefficient (Wildman–Crippen LogP) is 3.00. The number of rotatable bonds is 36. The number of hydrogen-bond donors (Lipinski definition) is 4. The van der Waals surface area contributed by atoms with Gasteiger partial charge in [0.2, 0.25) is 5.91 Å². The minimum Gasteiger partial charge on any atom is -0.466 e. The van der Waals surface area contributed by atoms with E-state index >= 15 is 0 Å². The Bertz CT molecular complexity index is 2030. The van der Waals surface area contributed by atoms with Crippen LogP contribution in [0.3, 0.4) is 0 Å². The van der Waals surface area contributed by atoms with Crippen molar-refractivity contribution in [3.05, 3.63) is 0 Å². The van der Waals surface area contributed by atoms with Crippen molar-refractivity contribution >= 4 is 62.4 Å². The average molecular weight is 1180 g/mol. The number of hydrogen-bond acceptors (Lipinski definition) is 26. The lowest BCUT2D eigenvalue weighted by molar-refractivity contribution is -0.277. The highest BCUT2D eigenvalue weighted by molar-refractivity contribution is 7.44. The molecule has 2 aliphatic rings. The zero-order valence-corrected chi connectivity index (χ0v) is 49.2. The van der Waals surface area contributed by atoms with E-state index in [1.165, 1.54) is 34.6 Å². The summed E-state index contributed by atoms with van der Waals surface area (Å²) in [5.41, 5.74) is 6.39. The summed E-state index contributed by atoms with van der Waals surface area (Å²) in [6, 6.07) is -0.260. The van der Waals surface area contributed by atoms with Gasteiger partial charge in [0.05, 0.1) is 31.7 Å². The molecule has 0 spiro atoms. The summed E-state index contributed by atoms with van der Waals surface area (Å²) in [5, 5.41) is 17.2. The van der Waals surface area contributed by atoms with Crippen LogP contribution in [0, 0.1) is 11.3 Å². The quantitative estimate of drug-likeness (QED) is 0.0303. The zero-order chi connectivity index (χ0) is 60.6. The Morgan fingerprint density at radius 1 is 0.580 bits per heavy atom. The second-order valence-corrected chi connectivity index (χ2v) is 20.7. The third-order valence-electron chi connectivity index (χ3n) is 11.5. The first-order valence-electron chi connectivity index (χ1n) is 26.9. The largest absolute Gasteiger partial charge is 0.466 e. The summed E-state index contributed by atoms with van der Waals surface area (Å²) < 4.78 is 81.3. The first-order valence-corrected chi connectivity index (χ1v) is 28.1. The number of nitriles is 1. The normalized spacial score (nSPS) is 23.2. The van der Waals surface area contributed by atoms with Crippen molar-refractivity contribution in [1.29, 1.82) is 5.26 Å². The Balaban J connectivity index is 1.99. The molecule has 2 unspecified atom stereocenters. The minimum absolute atomic E-state index is 0.0547. The number of nitrogens with two attached hydrogens (primary N) is 1. The molecule has 2 fully saturated rings. The van der Waals surface area contributed by atoms with Gasteiger partial charge in [0.1, 0.15) is 44.2 Å². The number of amides is 3. The monoisotopic (exact) mass is 1180 g/mol. The lowest BCUT2D eigenvalue weighted by Crippen LogP contribution is -2.66. The molecular weight excluding hydrogens is 1100 g/mol. The summed E-state index contributed by atoms with van der Waals surface area (Å²) in [5.74, 6) is -4.49. The van der Waals surface area contributed by atoms with Gasteiger partial charge in [-0.15, -0.1) is 0 Å². The summed E-state index contributed by atoms with van der Waals surface area (Å²) in [6.07, 6.45) is -8.44. The van der Waals surface area contributed by atoms with E-state index in [9.17, 15) is 48.4 Å². The molecule has 30 heteroatoms. The van der Waals surface area contributed by atoms with E-state index in [-0.39, 0.29) is 84.3 Å². The third kappa shape index (κ3) is 28.8. The Kier molecular flexibility index (Phi) is 34.5. The van der Waals surface area contributed by atoms with Crippen LogP contribution in [0.5, 0.6) is 0 Å². The topological polar surface area (TPSA) is 372 Å². The molecule has 12 atom stereocenters. The van der Waals surface area contributed by atoms with Crippen molar-refractivity contribution in [2.24, 2.45) is 5.73 Å². The molecule has 0 bridgehead atoms. The smallest absolute Gasteiger partial charge is 0.407 e. The molecule has 0 saturated carbocycles. The molecule has 0 radical (unpaired) electrons. The fraction of sp³-hybridized carbons (Fsp3) is 0.804.